The van der Waals surface area contributed by atoms with Crippen LogP contribution in [0.4, 0.5) is 0 Å². The van der Waals surface area contributed by atoms with Gasteiger partial charge in [0.05, 0.1) is 17.2 Å². The number of para-hydroxylation sites is 1. The van der Waals surface area contributed by atoms with Crippen molar-refractivity contribution in [2.24, 2.45) is 0 Å². The summed E-state index contributed by atoms with van der Waals surface area (Å²) in [5, 5.41) is 0. The zero-order valence-corrected chi connectivity index (χ0v) is 12.6. The van der Waals surface area contributed by atoms with Gasteiger partial charge in [-0.1, -0.05) is 12.1 Å². The highest BCUT2D eigenvalue weighted by Crippen LogP contribution is 2.28. The van der Waals surface area contributed by atoms with Gasteiger partial charge in [-0.05, 0) is 46.8 Å². The van der Waals surface area contributed by atoms with Crippen molar-refractivity contribution in [2.75, 3.05) is 0 Å². The lowest BCUT2D eigenvalue weighted by atomic mass is 9.99. The minimum atomic E-state index is -0.0481. The second-order valence-corrected chi connectivity index (χ2v) is 5.21. The molecule has 1 aromatic carbocycles. The van der Waals surface area contributed by atoms with Gasteiger partial charge < -0.3 is 9.15 Å². The van der Waals surface area contributed by atoms with E-state index in [0.717, 1.165) is 11.3 Å². The fourth-order valence-electron chi connectivity index (χ4n) is 2.27. The summed E-state index contributed by atoms with van der Waals surface area (Å²) in [6.45, 7) is 9.49. The van der Waals surface area contributed by atoms with E-state index in [1.807, 2.05) is 52.8 Å². The maximum absolute atomic E-state index is 12.8. The molecule has 3 nitrogen and oxygen atoms in total. The Morgan fingerprint density at radius 1 is 1.10 bits per heavy atom. The van der Waals surface area contributed by atoms with Gasteiger partial charge in [-0.15, -0.1) is 0 Å². The number of rotatable bonds is 4. The molecule has 0 N–H and O–H groups in total. The minimum Gasteiger partial charge on any atom is -0.490 e. The molecule has 2 rings (SSSR count). The van der Waals surface area contributed by atoms with Gasteiger partial charge in [-0.3, -0.25) is 4.79 Å². The van der Waals surface area contributed by atoms with E-state index in [2.05, 4.69) is 0 Å². The Morgan fingerprint density at radius 2 is 1.75 bits per heavy atom. The molecule has 0 amide bonds. The highest BCUT2D eigenvalue weighted by molar-refractivity contribution is 6.12. The summed E-state index contributed by atoms with van der Waals surface area (Å²) in [5.74, 6) is 2.01. The molecule has 1 aromatic heterocycles. The molecule has 0 aliphatic rings. The summed E-state index contributed by atoms with van der Waals surface area (Å²) < 4.78 is 11.3. The van der Waals surface area contributed by atoms with Crippen LogP contribution in [0.1, 0.15) is 46.9 Å². The largest absolute Gasteiger partial charge is 0.490 e. The molecule has 1 heterocycles. The monoisotopic (exact) mass is 272 g/mol. The Morgan fingerprint density at radius 3 is 2.30 bits per heavy atom. The van der Waals surface area contributed by atoms with Crippen LogP contribution >= 0.6 is 0 Å². The molecule has 3 heteroatoms. The molecular weight excluding hydrogens is 252 g/mol. The fourth-order valence-corrected chi connectivity index (χ4v) is 2.27. The van der Waals surface area contributed by atoms with Gasteiger partial charge in [-0.25, -0.2) is 0 Å². The minimum absolute atomic E-state index is 0.0252. The molecule has 2 aromatic rings. The Labute approximate surface area is 119 Å². The zero-order chi connectivity index (χ0) is 14.9. The molecule has 0 spiro atoms. The summed E-state index contributed by atoms with van der Waals surface area (Å²) in [7, 11) is 0. The molecule has 0 saturated heterocycles. The van der Waals surface area contributed by atoms with Crippen LogP contribution in [0.5, 0.6) is 5.75 Å². The molecule has 0 unspecified atom stereocenters. The quantitative estimate of drug-likeness (QED) is 0.782. The van der Waals surface area contributed by atoms with Crippen molar-refractivity contribution in [1.82, 2.24) is 0 Å². The van der Waals surface area contributed by atoms with Gasteiger partial charge >= 0.3 is 0 Å². The fraction of sp³-hybridized carbons (Fsp3) is 0.353. The summed E-state index contributed by atoms with van der Waals surface area (Å²) in [6.07, 6.45) is 0.0252. The van der Waals surface area contributed by atoms with Gasteiger partial charge in [-0.2, -0.15) is 0 Å². The molecule has 0 saturated carbocycles. The first-order chi connectivity index (χ1) is 9.41. The zero-order valence-electron chi connectivity index (χ0n) is 12.6. The van der Waals surface area contributed by atoms with Crippen molar-refractivity contribution in [3.05, 3.63) is 52.5 Å². The van der Waals surface area contributed by atoms with Crippen LogP contribution in [0.25, 0.3) is 0 Å². The summed E-state index contributed by atoms with van der Waals surface area (Å²) in [6, 6.07) is 7.33. The van der Waals surface area contributed by atoms with Gasteiger partial charge in [0.2, 0.25) is 5.78 Å². The maximum Gasteiger partial charge on any atom is 0.200 e. The SMILES string of the molecule is Cc1oc(C)c(C(=O)c2ccccc2OC(C)C)c1C. The van der Waals surface area contributed by atoms with Crippen LogP contribution in [-0.4, -0.2) is 11.9 Å². The van der Waals surface area contributed by atoms with Crippen molar-refractivity contribution in [2.45, 2.75) is 40.7 Å². The van der Waals surface area contributed by atoms with E-state index in [0.29, 0.717) is 22.6 Å². The third kappa shape index (κ3) is 2.62. The molecule has 0 aliphatic heterocycles. The van der Waals surface area contributed by atoms with Crippen LogP contribution in [0.15, 0.2) is 28.7 Å². The molecule has 0 atom stereocenters. The summed E-state index contributed by atoms with van der Waals surface area (Å²) in [4.78, 5) is 12.8. The molecule has 20 heavy (non-hydrogen) atoms. The van der Waals surface area contributed by atoms with E-state index < -0.39 is 0 Å². The Hall–Kier alpha value is -2.03. The average Bonchev–Trinajstić information content (AvgIpc) is 2.62. The first-order valence-electron chi connectivity index (χ1n) is 6.78. The second-order valence-electron chi connectivity index (χ2n) is 5.21. The van der Waals surface area contributed by atoms with Crippen LogP contribution in [-0.2, 0) is 0 Å². The van der Waals surface area contributed by atoms with Crippen LogP contribution in [0.2, 0.25) is 0 Å². The first-order valence-corrected chi connectivity index (χ1v) is 6.78. The number of aryl methyl sites for hydroxylation is 2. The van der Waals surface area contributed by atoms with E-state index in [-0.39, 0.29) is 11.9 Å². The topological polar surface area (TPSA) is 39.4 Å². The normalized spacial score (nSPS) is 10.9. The number of hydrogen-bond donors (Lipinski definition) is 0. The Balaban J connectivity index is 2.48. The molecule has 0 fully saturated rings. The van der Waals surface area contributed by atoms with Gasteiger partial charge in [0.25, 0.3) is 0 Å². The molecular formula is C17H20O3. The van der Waals surface area contributed by atoms with Gasteiger partial charge in [0, 0.05) is 5.56 Å². The van der Waals surface area contributed by atoms with Crippen molar-refractivity contribution < 1.29 is 13.9 Å². The van der Waals surface area contributed by atoms with Crippen molar-refractivity contribution in [1.29, 1.82) is 0 Å². The van der Waals surface area contributed by atoms with Gasteiger partial charge in [0.15, 0.2) is 0 Å². The highest BCUT2D eigenvalue weighted by atomic mass is 16.5. The molecule has 106 valence electrons. The maximum atomic E-state index is 12.8. The van der Waals surface area contributed by atoms with E-state index in [4.69, 9.17) is 9.15 Å². The van der Waals surface area contributed by atoms with E-state index in [1.54, 1.807) is 6.07 Å². The first kappa shape index (κ1) is 14.4. The average molecular weight is 272 g/mol. The van der Waals surface area contributed by atoms with Crippen LogP contribution in [0.3, 0.4) is 0 Å². The number of furan rings is 1. The summed E-state index contributed by atoms with van der Waals surface area (Å²) >= 11 is 0. The predicted molar refractivity (Wildman–Crippen MR) is 78.6 cm³/mol. The van der Waals surface area contributed by atoms with Crippen LogP contribution in [0, 0.1) is 20.8 Å². The number of carbonyl (C=O) groups is 1. The number of carbonyl (C=O) groups excluding carboxylic acids is 1. The highest BCUT2D eigenvalue weighted by Gasteiger charge is 2.22. The van der Waals surface area contributed by atoms with Crippen LogP contribution < -0.4 is 4.74 Å². The van der Waals surface area contributed by atoms with Crippen molar-refractivity contribution in [3.63, 3.8) is 0 Å². The Kier molecular flexibility index (Phi) is 3.98. The molecule has 0 aliphatic carbocycles. The lowest BCUT2D eigenvalue weighted by Gasteiger charge is -2.13. The van der Waals surface area contributed by atoms with E-state index >= 15 is 0 Å². The lowest BCUT2D eigenvalue weighted by Crippen LogP contribution is -2.11. The third-order valence-electron chi connectivity index (χ3n) is 3.28. The Bertz CT molecular complexity index is 636. The number of ether oxygens (including phenoxy) is 1. The standard InChI is InChI=1S/C17H20O3/c1-10(2)19-15-9-7-6-8-14(15)17(18)16-11(3)12(4)20-13(16)5/h6-10H,1-5H3. The third-order valence-corrected chi connectivity index (χ3v) is 3.28. The van der Waals surface area contributed by atoms with Gasteiger partial charge in [0.1, 0.15) is 17.3 Å². The van der Waals surface area contributed by atoms with E-state index in [1.165, 1.54) is 0 Å². The van der Waals surface area contributed by atoms with Crippen molar-refractivity contribution >= 4 is 5.78 Å². The molecule has 0 bridgehead atoms. The second kappa shape index (κ2) is 5.53. The predicted octanol–water partition coefficient (Wildman–Crippen LogP) is 4.22. The summed E-state index contributed by atoms with van der Waals surface area (Å²) in [5.41, 5.74) is 2.11. The van der Waals surface area contributed by atoms with Crippen molar-refractivity contribution in [3.8, 4) is 5.75 Å². The number of benzene rings is 1. The lowest BCUT2D eigenvalue weighted by molar-refractivity contribution is 0.103. The molecule has 0 radical (unpaired) electrons. The number of hydrogen-bond acceptors (Lipinski definition) is 3. The smallest absolute Gasteiger partial charge is 0.200 e. The van der Waals surface area contributed by atoms with E-state index in [9.17, 15) is 4.79 Å². The number of ketones is 1.